The van der Waals surface area contributed by atoms with Crippen LogP contribution in [0.1, 0.15) is 59.3 Å². The Kier molecular flexibility index (Phi) is 7.92. The van der Waals surface area contributed by atoms with Crippen LogP contribution in [0.5, 0.6) is 6.01 Å². The summed E-state index contributed by atoms with van der Waals surface area (Å²) in [5.41, 5.74) is 0.142. The number of ether oxygens (including phenoxy) is 2. The number of anilines is 1. The first-order chi connectivity index (χ1) is 23.5. The summed E-state index contributed by atoms with van der Waals surface area (Å²) in [5, 5.41) is 22.0. The Bertz CT molecular complexity index is 1910. The Morgan fingerprint density at radius 1 is 1.04 bits per heavy atom. The molecule has 8 rings (SSSR count). The van der Waals surface area contributed by atoms with Crippen molar-refractivity contribution in [2.45, 2.75) is 82.5 Å². The highest BCUT2D eigenvalue weighted by molar-refractivity contribution is 6.59. The van der Waals surface area contributed by atoms with E-state index in [1.165, 1.54) is 0 Å². The van der Waals surface area contributed by atoms with Crippen LogP contribution in [0.25, 0.3) is 32.9 Å². The number of amides is 1. The van der Waals surface area contributed by atoms with Crippen LogP contribution in [0.15, 0.2) is 42.6 Å². The molecule has 0 aliphatic carbocycles. The number of fused-ring (bicyclic) bond motifs is 5. The van der Waals surface area contributed by atoms with Crippen molar-refractivity contribution in [1.82, 2.24) is 24.8 Å². The molecule has 256 valence electrons. The van der Waals surface area contributed by atoms with E-state index in [0.717, 1.165) is 62.4 Å². The van der Waals surface area contributed by atoms with E-state index in [-0.39, 0.29) is 46.4 Å². The Morgan fingerprint density at radius 3 is 2.45 bits per heavy atom. The molecule has 4 fully saturated rings. The Balaban J connectivity index is 1.21. The number of benzene rings is 2. The van der Waals surface area contributed by atoms with Crippen LogP contribution >= 0.6 is 0 Å². The van der Waals surface area contributed by atoms with Gasteiger partial charge in [0.25, 0.3) is 0 Å². The van der Waals surface area contributed by atoms with Crippen molar-refractivity contribution in [3.8, 4) is 17.3 Å². The third kappa shape index (κ3) is 5.75. The van der Waals surface area contributed by atoms with Gasteiger partial charge >= 0.3 is 19.2 Å². The topological polar surface area (TPSA) is 124 Å². The molecule has 1 amide bonds. The van der Waals surface area contributed by atoms with Crippen molar-refractivity contribution < 1.29 is 28.7 Å². The number of piperazine rings is 1. The standard InChI is InChI=1S/C36H42BFN6O5/c1-35(2,3)49-34(45)44-24-10-11-25(44)20-42(19-24)32-28-18-39-30(27-17-23(37(46)47)16-22-8-4-5-9-26(22)27)29(38)31(28)40-33(41-32)48-21-36-12-6-14-43(36)15-7-13-36/h4-5,8-9,16-18,24-25,46-47H,6-7,10-15,19-21H2,1-3H3/t24-,25+. The van der Waals surface area contributed by atoms with Gasteiger partial charge in [-0.1, -0.05) is 36.4 Å². The molecule has 2 N–H and O–H groups in total. The van der Waals surface area contributed by atoms with Gasteiger partial charge in [-0.05, 0) is 88.6 Å². The molecule has 13 heteroatoms. The molecule has 0 radical (unpaired) electrons. The summed E-state index contributed by atoms with van der Waals surface area (Å²) < 4.78 is 29.1. The normalized spacial score (nSPS) is 21.8. The lowest BCUT2D eigenvalue weighted by molar-refractivity contribution is 0.0122. The molecule has 0 unspecified atom stereocenters. The summed E-state index contributed by atoms with van der Waals surface area (Å²) in [6.45, 7) is 9.15. The van der Waals surface area contributed by atoms with Gasteiger partial charge in [0.15, 0.2) is 5.82 Å². The molecule has 4 aromatic rings. The molecule has 49 heavy (non-hydrogen) atoms. The number of pyridine rings is 1. The minimum absolute atomic E-state index is 0.0490. The maximum Gasteiger partial charge on any atom is 0.488 e. The van der Waals surface area contributed by atoms with E-state index in [1.807, 2.05) is 49.9 Å². The third-order valence-electron chi connectivity index (χ3n) is 10.7. The van der Waals surface area contributed by atoms with Crippen molar-refractivity contribution in [3.63, 3.8) is 0 Å². The fourth-order valence-corrected chi connectivity index (χ4v) is 8.54. The van der Waals surface area contributed by atoms with Gasteiger partial charge in [0.2, 0.25) is 0 Å². The first-order valence-electron chi connectivity index (χ1n) is 17.4. The predicted octanol–water partition coefficient (Wildman–Crippen LogP) is 4.26. The number of rotatable bonds is 6. The second-order valence-electron chi connectivity index (χ2n) is 15.1. The van der Waals surface area contributed by atoms with Crippen LogP contribution in [0.4, 0.5) is 15.0 Å². The Hall–Kier alpha value is -4.07. The Labute approximate surface area is 285 Å². The second kappa shape index (κ2) is 12.1. The lowest BCUT2D eigenvalue weighted by Crippen LogP contribution is -2.57. The highest BCUT2D eigenvalue weighted by atomic mass is 19.1. The summed E-state index contributed by atoms with van der Waals surface area (Å²) in [4.78, 5) is 33.9. The predicted molar refractivity (Wildman–Crippen MR) is 185 cm³/mol. The summed E-state index contributed by atoms with van der Waals surface area (Å²) in [6, 6.07) is 10.6. The van der Waals surface area contributed by atoms with Gasteiger partial charge in [-0.3, -0.25) is 14.8 Å². The van der Waals surface area contributed by atoms with Gasteiger partial charge in [0.1, 0.15) is 29.2 Å². The average Bonchev–Trinajstić information content (AvgIpc) is 3.73. The molecule has 2 bridgehead atoms. The summed E-state index contributed by atoms with van der Waals surface area (Å²) in [6.07, 6.45) is 7.30. The third-order valence-corrected chi connectivity index (χ3v) is 10.7. The second-order valence-corrected chi connectivity index (χ2v) is 15.1. The fourth-order valence-electron chi connectivity index (χ4n) is 8.54. The lowest BCUT2D eigenvalue weighted by atomic mass is 9.78. The first kappa shape index (κ1) is 32.2. The van der Waals surface area contributed by atoms with Crippen molar-refractivity contribution in [2.75, 3.05) is 37.7 Å². The lowest BCUT2D eigenvalue weighted by Gasteiger charge is -2.42. The highest BCUT2D eigenvalue weighted by Crippen LogP contribution is 2.41. The number of hydrogen-bond acceptors (Lipinski definition) is 10. The maximum absolute atomic E-state index is 17.0. The molecule has 4 aliphatic rings. The smallest absolute Gasteiger partial charge is 0.461 e. The number of halogens is 1. The van der Waals surface area contributed by atoms with Crippen LogP contribution in [0, 0.1) is 5.82 Å². The van der Waals surface area contributed by atoms with Gasteiger partial charge in [-0.25, -0.2) is 9.18 Å². The SMILES string of the molecule is CC(C)(C)OC(=O)N1[C@@H]2CC[C@H]1CN(c1nc(OCC34CCCN3CCC4)nc3c(F)c(-c4cc(B(O)O)cc5ccccc45)ncc13)C2. The van der Waals surface area contributed by atoms with E-state index in [2.05, 4.69) is 19.8 Å². The first-order valence-corrected chi connectivity index (χ1v) is 17.4. The van der Waals surface area contributed by atoms with Crippen molar-refractivity contribution in [2.24, 2.45) is 0 Å². The number of carbonyl (C=O) groups is 1. The molecule has 4 saturated heterocycles. The van der Waals surface area contributed by atoms with E-state index in [1.54, 1.807) is 18.3 Å². The number of hydrogen-bond donors (Lipinski definition) is 2. The molecule has 0 spiro atoms. The number of aromatic nitrogens is 3. The van der Waals surface area contributed by atoms with Crippen molar-refractivity contribution in [1.29, 1.82) is 0 Å². The maximum atomic E-state index is 17.0. The van der Waals surface area contributed by atoms with E-state index in [4.69, 9.17) is 14.5 Å². The molecule has 11 nitrogen and oxygen atoms in total. The van der Waals surface area contributed by atoms with E-state index < -0.39 is 18.5 Å². The van der Waals surface area contributed by atoms with Crippen LogP contribution in [0.2, 0.25) is 0 Å². The quantitative estimate of drug-likeness (QED) is 0.288. The van der Waals surface area contributed by atoms with E-state index >= 15 is 4.39 Å². The molecule has 6 heterocycles. The van der Waals surface area contributed by atoms with Gasteiger partial charge in [-0.2, -0.15) is 9.97 Å². The molecular formula is C36H42BFN6O5. The molecule has 2 atom stereocenters. The zero-order valence-corrected chi connectivity index (χ0v) is 28.2. The van der Waals surface area contributed by atoms with Crippen LogP contribution in [-0.4, -0.2) is 104 Å². The van der Waals surface area contributed by atoms with E-state index in [9.17, 15) is 14.8 Å². The summed E-state index contributed by atoms with van der Waals surface area (Å²) >= 11 is 0. The van der Waals surface area contributed by atoms with Gasteiger partial charge < -0.3 is 24.4 Å². The summed E-state index contributed by atoms with van der Waals surface area (Å²) in [7, 11) is -1.74. The van der Waals surface area contributed by atoms with Crippen LogP contribution in [-0.2, 0) is 4.74 Å². The highest BCUT2D eigenvalue weighted by Gasteiger charge is 2.46. The Morgan fingerprint density at radius 2 is 1.76 bits per heavy atom. The molecule has 4 aliphatic heterocycles. The van der Waals surface area contributed by atoms with Gasteiger partial charge in [0.05, 0.1) is 23.0 Å². The molecule has 2 aromatic carbocycles. The van der Waals surface area contributed by atoms with Crippen molar-refractivity contribution >= 4 is 46.2 Å². The van der Waals surface area contributed by atoms with Gasteiger partial charge in [0, 0.05) is 24.8 Å². The molecule has 2 aromatic heterocycles. The summed E-state index contributed by atoms with van der Waals surface area (Å²) in [5.74, 6) is -0.118. The molecule has 0 saturated carbocycles. The minimum Gasteiger partial charge on any atom is -0.461 e. The van der Waals surface area contributed by atoms with Crippen LogP contribution < -0.4 is 15.1 Å². The number of nitrogens with zero attached hydrogens (tertiary/aromatic N) is 6. The van der Waals surface area contributed by atoms with Crippen LogP contribution in [0.3, 0.4) is 0 Å². The number of carbonyl (C=O) groups excluding carboxylic acids is 1. The average molecular weight is 669 g/mol. The minimum atomic E-state index is -1.74. The van der Waals surface area contributed by atoms with Gasteiger partial charge in [-0.15, -0.1) is 0 Å². The fraction of sp³-hybridized carbons (Fsp3) is 0.500. The monoisotopic (exact) mass is 668 g/mol. The molecular weight excluding hydrogens is 626 g/mol. The largest absolute Gasteiger partial charge is 0.488 e. The van der Waals surface area contributed by atoms with Crippen molar-refractivity contribution in [3.05, 3.63) is 48.4 Å². The zero-order valence-electron chi connectivity index (χ0n) is 28.2. The van der Waals surface area contributed by atoms with E-state index in [0.29, 0.717) is 36.5 Å². The zero-order chi connectivity index (χ0) is 34.1.